The highest BCUT2D eigenvalue weighted by Gasteiger charge is 2.14. The van der Waals surface area contributed by atoms with E-state index in [0.717, 1.165) is 21.9 Å². The molecule has 160 valence electrons. The minimum absolute atomic E-state index is 0.125. The van der Waals surface area contributed by atoms with Crippen molar-refractivity contribution in [1.82, 2.24) is 24.4 Å². The van der Waals surface area contributed by atoms with E-state index < -0.39 is 11.2 Å². The van der Waals surface area contributed by atoms with Crippen molar-refractivity contribution in [1.29, 1.82) is 0 Å². The first kappa shape index (κ1) is 21.5. The first-order valence-corrected chi connectivity index (χ1v) is 10.1. The number of rotatable bonds is 8. The Kier molecular flexibility index (Phi) is 6.50. The molecule has 10 nitrogen and oxygen atoms in total. The Morgan fingerprint density at radius 1 is 1.17 bits per heavy atom. The molecule has 3 aromatic rings. The van der Waals surface area contributed by atoms with Crippen LogP contribution in [0.2, 0.25) is 0 Å². The van der Waals surface area contributed by atoms with Crippen molar-refractivity contribution in [3.05, 3.63) is 44.6 Å². The minimum atomic E-state index is -0.455. The van der Waals surface area contributed by atoms with E-state index >= 15 is 0 Å². The van der Waals surface area contributed by atoms with Gasteiger partial charge >= 0.3 is 5.69 Å². The molecular weight excluding hydrogens is 410 g/mol. The van der Waals surface area contributed by atoms with Gasteiger partial charge in [-0.25, -0.2) is 9.78 Å². The Hall–Kier alpha value is -3.21. The van der Waals surface area contributed by atoms with Crippen LogP contribution in [0, 0.1) is 0 Å². The molecule has 3 rings (SSSR count). The number of fused-ring (bicyclic) bond motifs is 1. The maximum Gasteiger partial charge on any atom is 0.332 e. The number of aromatic amines is 1. The highest BCUT2D eigenvalue weighted by Crippen LogP contribution is 2.27. The molecule has 0 saturated carbocycles. The summed E-state index contributed by atoms with van der Waals surface area (Å²) < 4.78 is 12.8. The molecule has 0 saturated heterocycles. The highest BCUT2D eigenvalue weighted by atomic mass is 32.2. The molecule has 30 heavy (non-hydrogen) atoms. The second kappa shape index (κ2) is 9.08. The summed E-state index contributed by atoms with van der Waals surface area (Å²) in [5.74, 6) is 1.25. The first-order valence-electron chi connectivity index (χ1n) is 9.11. The van der Waals surface area contributed by atoms with Gasteiger partial charge in [0.1, 0.15) is 0 Å². The minimum Gasteiger partial charge on any atom is -0.493 e. The SMILES string of the molecule is COc1ccc(CCNC(=O)CSc2nc3c([nH]2)c(=O)n(C)c(=O)n3C)cc1OC. The number of imidazole rings is 1. The fourth-order valence-electron chi connectivity index (χ4n) is 2.94. The number of H-pyrrole nitrogens is 1. The van der Waals surface area contributed by atoms with Gasteiger partial charge in [0.05, 0.1) is 20.0 Å². The lowest BCUT2D eigenvalue weighted by atomic mass is 10.1. The van der Waals surface area contributed by atoms with Crippen LogP contribution in [0.3, 0.4) is 0 Å². The number of carbonyl (C=O) groups is 1. The van der Waals surface area contributed by atoms with E-state index in [4.69, 9.17) is 9.47 Å². The average molecular weight is 433 g/mol. The van der Waals surface area contributed by atoms with E-state index in [2.05, 4.69) is 15.3 Å². The van der Waals surface area contributed by atoms with Crippen LogP contribution in [0.25, 0.3) is 11.2 Å². The summed E-state index contributed by atoms with van der Waals surface area (Å²) in [6, 6.07) is 5.62. The summed E-state index contributed by atoms with van der Waals surface area (Å²) in [4.78, 5) is 43.5. The Morgan fingerprint density at radius 2 is 1.90 bits per heavy atom. The number of nitrogens with one attached hydrogen (secondary N) is 2. The lowest BCUT2D eigenvalue weighted by molar-refractivity contribution is -0.118. The van der Waals surface area contributed by atoms with E-state index in [0.29, 0.717) is 29.6 Å². The molecular formula is C19H23N5O5S. The van der Waals surface area contributed by atoms with Gasteiger partial charge in [0, 0.05) is 20.6 Å². The van der Waals surface area contributed by atoms with Gasteiger partial charge in [-0.3, -0.25) is 18.7 Å². The third-order valence-corrected chi connectivity index (χ3v) is 5.47. The molecule has 0 aliphatic heterocycles. The lowest BCUT2D eigenvalue weighted by Gasteiger charge is -2.10. The molecule has 11 heteroatoms. The van der Waals surface area contributed by atoms with Crippen molar-refractivity contribution in [2.45, 2.75) is 11.6 Å². The molecule has 2 aromatic heterocycles. The molecule has 0 unspecified atom stereocenters. The van der Waals surface area contributed by atoms with Crippen LogP contribution in [0.5, 0.6) is 11.5 Å². The predicted molar refractivity (Wildman–Crippen MR) is 114 cm³/mol. The Balaban J connectivity index is 1.56. The average Bonchev–Trinajstić information content (AvgIpc) is 3.19. The van der Waals surface area contributed by atoms with Crippen LogP contribution in [0.1, 0.15) is 5.56 Å². The number of aromatic nitrogens is 4. The topological polar surface area (TPSA) is 120 Å². The molecule has 2 N–H and O–H groups in total. The molecule has 0 spiro atoms. The van der Waals surface area contributed by atoms with E-state index in [1.807, 2.05) is 18.2 Å². The molecule has 0 bridgehead atoms. The van der Waals surface area contributed by atoms with Crippen molar-refractivity contribution < 1.29 is 14.3 Å². The molecule has 0 radical (unpaired) electrons. The quantitative estimate of drug-likeness (QED) is 0.494. The molecule has 2 heterocycles. The van der Waals surface area contributed by atoms with Crippen LogP contribution >= 0.6 is 11.8 Å². The van der Waals surface area contributed by atoms with Gasteiger partial charge in [-0.1, -0.05) is 17.8 Å². The number of ether oxygens (including phenoxy) is 2. The fourth-order valence-corrected chi connectivity index (χ4v) is 3.64. The van der Waals surface area contributed by atoms with Gasteiger partial charge in [0.25, 0.3) is 5.56 Å². The van der Waals surface area contributed by atoms with E-state index in [9.17, 15) is 14.4 Å². The van der Waals surface area contributed by atoms with Crippen molar-refractivity contribution in [3.63, 3.8) is 0 Å². The van der Waals surface area contributed by atoms with Gasteiger partial charge in [-0.05, 0) is 24.1 Å². The van der Waals surface area contributed by atoms with Crippen molar-refractivity contribution in [2.75, 3.05) is 26.5 Å². The molecule has 0 aliphatic rings. The fraction of sp³-hybridized carbons (Fsp3) is 0.368. The van der Waals surface area contributed by atoms with Crippen molar-refractivity contribution >= 4 is 28.8 Å². The number of nitrogens with zero attached hydrogens (tertiary/aromatic N) is 3. The van der Waals surface area contributed by atoms with Crippen molar-refractivity contribution in [2.24, 2.45) is 14.1 Å². The summed E-state index contributed by atoms with van der Waals surface area (Å²) >= 11 is 1.16. The molecule has 0 atom stereocenters. The summed E-state index contributed by atoms with van der Waals surface area (Å²) in [5, 5.41) is 3.25. The number of aryl methyl sites for hydroxylation is 1. The van der Waals surface area contributed by atoms with E-state index in [1.165, 1.54) is 11.6 Å². The maximum atomic E-state index is 12.2. The number of methoxy groups -OCH3 is 2. The van der Waals surface area contributed by atoms with Gasteiger partial charge in [0.2, 0.25) is 5.91 Å². The van der Waals surface area contributed by atoms with Crippen LogP contribution in [0.15, 0.2) is 32.9 Å². The van der Waals surface area contributed by atoms with E-state index in [1.54, 1.807) is 21.3 Å². The number of benzene rings is 1. The van der Waals surface area contributed by atoms with Gasteiger partial charge < -0.3 is 19.8 Å². The number of thioether (sulfide) groups is 1. The second-order valence-electron chi connectivity index (χ2n) is 6.52. The number of carbonyl (C=O) groups excluding carboxylic acids is 1. The third-order valence-electron chi connectivity index (χ3n) is 4.60. The molecule has 1 aromatic carbocycles. The lowest BCUT2D eigenvalue weighted by Crippen LogP contribution is -2.36. The second-order valence-corrected chi connectivity index (χ2v) is 7.49. The zero-order chi connectivity index (χ0) is 21.8. The van der Waals surface area contributed by atoms with Crippen LogP contribution in [-0.4, -0.2) is 51.5 Å². The summed E-state index contributed by atoms with van der Waals surface area (Å²) in [6.45, 7) is 0.462. The zero-order valence-corrected chi connectivity index (χ0v) is 18.0. The smallest absolute Gasteiger partial charge is 0.332 e. The summed E-state index contributed by atoms with van der Waals surface area (Å²) in [6.07, 6.45) is 0.638. The number of amides is 1. The van der Waals surface area contributed by atoms with Crippen LogP contribution < -0.4 is 26.0 Å². The normalized spacial score (nSPS) is 10.9. The Labute approximate surface area is 176 Å². The van der Waals surface area contributed by atoms with Gasteiger partial charge in [-0.15, -0.1) is 0 Å². The maximum absolute atomic E-state index is 12.2. The Morgan fingerprint density at radius 3 is 2.60 bits per heavy atom. The van der Waals surface area contributed by atoms with Crippen LogP contribution in [-0.2, 0) is 25.3 Å². The zero-order valence-electron chi connectivity index (χ0n) is 17.1. The Bertz CT molecular complexity index is 1200. The molecule has 0 fully saturated rings. The van der Waals surface area contributed by atoms with Gasteiger partial charge in [-0.2, -0.15) is 0 Å². The predicted octanol–water partition coefficient (Wildman–Crippen LogP) is 0.429. The highest BCUT2D eigenvalue weighted by molar-refractivity contribution is 7.99. The third kappa shape index (κ3) is 4.35. The molecule has 1 amide bonds. The largest absolute Gasteiger partial charge is 0.493 e. The monoisotopic (exact) mass is 433 g/mol. The summed E-state index contributed by atoms with van der Waals surface area (Å²) in [7, 11) is 6.10. The number of hydrogen-bond acceptors (Lipinski definition) is 7. The molecule has 0 aliphatic carbocycles. The first-order chi connectivity index (χ1) is 14.3. The van der Waals surface area contributed by atoms with Crippen LogP contribution in [0.4, 0.5) is 0 Å². The summed E-state index contributed by atoms with van der Waals surface area (Å²) in [5.41, 5.74) is 0.598. The standard InChI is InChI=1S/C19H23N5O5S/c1-23-16-15(17(26)24(2)19(23)27)21-18(22-16)30-10-14(25)20-8-7-11-5-6-12(28-3)13(9-11)29-4/h5-6,9H,7-8,10H2,1-4H3,(H,20,25)(H,21,22). The van der Waals surface area contributed by atoms with Gasteiger partial charge in [0.15, 0.2) is 27.8 Å². The number of hydrogen-bond donors (Lipinski definition) is 2. The van der Waals surface area contributed by atoms with E-state index in [-0.39, 0.29) is 22.8 Å². The van der Waals surface area contributed by atoms with Crippen molar-refractivity contribution in [3.8, 4) is 11.5 Å².